The molecule has 1 aliphatic heterocycles. The van der Waals surface area contributed by atoms with E-state index in [1.54, 1.807) is 24.3 Å². The first kappa shape index (κ1) is 17.0. The van der Waals surface area contributed by atoms with Gasteiger partial charge in [0.15, 0.2) is 0 Å². The lowest BCUT2D eigenvalue weighted by Gasteiger charge is -2.32. The van der Waals surface area contributed by atoms with Crippen LogP contribution in [0.25, 0.3) is 0 Å². The second-order valence-electron chi connectivity index (χ2n) is 6.98. The van der Waals surface area contributed by atoms with E-state index < -0.39 is 0 Å². The van der Waals surface area contributed by atoms with E-state index in [1.165, 1.54) is 19.3 Å². The summed E-state index contributed by atoms with van der Waals surface area (Å²) in [6, 6.07) is 7.38. The van der Waals surface area contributed by atoms with Gasteiger partial charge in [0.25, 0.3) is 11.8 Å². The van der Waals surface area contributed by atoms with Crippen LogP contribution in [-0.2, 0) is 0 Å². The Bertz CT molecular complexity index is 571. The van der Waals surface area contributed by atoms with E-state index in [4.69, 9.17) is 0 Å². The number of nitrogens with one attached hydrogen (secondary N) is 1. The molecule has 1 aromatic carbocycles. The summed E-state index contributed by atoms with van der Waals surface area (Å²) in [4.78, 5) is 28.9. The number of piperazine rings is 1. The number of benzene rings is 1. The number of nitrogens with zero attached hydrogens (tertiary/aromatic N) is 2. The molecule has 0 bridgehead atoms. The van der Waals surface area contributed by atoms with Gasteiger partial charge in [-0.3, -0.25) is 9.59 Å². The molecule has 2 aliphatic rings. The van der Waals surface area contributed by atoms with Crippen LogP contribution >= 0.6 is 0 Å². The summed E-state index contributed by atoms with van der Waals surface area (Å²) < 4.78 is 0. The predicted molar refractivity (Wildman–Crippen MR) is 94.2 cm³/mol. The number of carbonyl (C=O) groups is 2. The Labute approximate surface area is 144 Å². The summed E-state index contributed by atoms with van der Waals surface area (Å²) in [5.74, 6) is 0.0304. The minimum absolute atomic E-state index is 0.0273. The number of hydrogen-bond acceptors (Lipinski definition) is 3. The van der Waals surface area contributed by atoms with Crippen molar-refractivity contribution in [1.82, 2.24) is 15.1 Å². The van der Waals surface area contributed by atoms with E-state index in [1.807, 2.05) is 4.90 Å². The number of carbonyl (C=O) groups excluding carboxylic acids is 2. The highest BCUT2D eigenvalue weighted by molar-refractivity contribution is 5.98. The van der Waals surface area contributed by atoms with E-state index in [9.17, 15) is 9.59 Å². The largest absolute Gasteiger partial charge is 0.349 e. The van der Waals surface area contributed by atoms with E-state index in [0.717, 1.165) is 39.0 Å². The molecule has 5 nitrogen and oxygen atoms in total. The Hall–Kier alpha value is -1.88. The van der Waals surface area contributed by atoms with Crippen LogP contribution in [0.2, 0.25) is 0 Å². The first-order valence-corrected chi connectivity index (χ1v) is 9.02. The van der Waals surface area contributed by atoms with Gasteiger partial charge in [0.05, 0.1) is 0 Å². The van der Waals surface area contributed by atoms with Gasteiger partial charge >= 0.3 is 0 Å². The number of amides is 2. The summed E-state index contributed by atoms with van der Waals surface area (Å²) in [7, 11) is 2.07. The Morgan fingerprint density at radius 2 is 1.50 bits per heavy atom. The molecule has 1 aromatic rings. The molecule has 3 rings (SSSR count). The second kappa shape index (κ2) is 7.79. The quantitative estimate of drug-likeness (QED) is 0.924. The van der Waals surface area contributed by atoms with Crippen LogP contribution in [0.15, 0.2) is 24.3 Å². The normalized spacial score (nSPS) is 20.0. The van der Waals surface area contributed by atoms with Gasteiger partial charge in [0.2, 0.25) is 0 Å². The maximum Gasteiger partial charge on any atom is 0.253 e. The highest BCUT2D eigenvalue weighted by Gasteiger charge is 2.21. The number of rotatable bonds is 3. The van der Waals surface area contributed by atoms with Crippen molar-refractivity contribution in [2.75, 3.05) is 33.2 Å². The molecule has 0 radical (unpaired) electrons. The van der Waals surface area contributed by atoms with Crippen molar-refractivity contribution in [3.63, 3.8) is 0 Å². The molecule has 130 valence electrons. The number of likely N-dealkylation sites (N-methyl/N-ethyl adjacent to an activating group) is 1. The molecule has 0 atom stereocenters. The summed E-state index contributed by atoms with van der Waals surface area (Å²) in [5.41, 5.74) is 1.30. The van der Waals surface area contributed by atoms with Crippen LogP contribution in [0.4, 0.5) is 0 Å². The molecule has 5 heteroatoms. The summed E-state index contributed by atoms with van der Waals surface area (Å²) in [6.45, 7) is 3.35. The zero-order valence-corrected chi connectivity index (χ0v) is 14.5. The SMILES string of the molecule is CN1CCN(C(=O)c2ccc(C(=O)NC3CCCCC3)cc2)CC1. The fourth-order valence-electron chi connectivity index (χ4n) is 3.47. The average molecular weight is 329 g/mol. The van der Waals surface area contributed by atoms with Gasteiger partial charge in [-0.25, -0.2) is 0 Å². The lowest BCUT2D eigenvalue weighted by molar-refractivity contribution is 0.0663. The van der Waals surface area contributed by atoms with E-state index in [-0.39, 0.29) is 11.8 Å². The molecular weight excluding hydrogens is 302 g/mol. The average Bonchev–Trinajstić information content (AvgIpc) is 2.63. The van der Waals surface area contributed by atoms with Gasteiger partial charge in [0.1, 0.15) is 0 Å². The highest BCUT2D eigenvalue weighted by Crippen LogP contribution is 2.18. The van der Waals surface area contributed by atoms with Crippen molar-refractivity contribution < 1.29 is 9.59 Å². The molecule has 0 spiro atoms. The minimum atomic E-state index is -0.0273. The molecule has 1 N–H and O–H groups in total. The van der Waals surface area contributed by atoms with E-state index >= 15 is 0 Å². The molecule has 24 heavy (non-hydrogen) atoms. The van der Waals surface area contributed by atoms with Crippen LogP contribution in [0.5, 0.6) is 0 Å². The van der Waals surface area contributed by atoms with Crippen LogP contribution in [0.1, 0.15) is 52.8 Å². The van der Waals surface area contributed by atoms with Gasteiger partial charge in [-0.2, -0.15) is 0 Å². The second-order valence-corrected chi connectivity index (χ2v) is 6.98. The molecule has 1 saturated heterocycles. The Kier molecular flexibility index (Phi) is 5.51. The summed E-state index contributed by atoms with van der Waals surface area (Å²) >= 11 is 0. The van der Waals surface area contributed by atoms with Gasteiger partial charge in [0, 0.05) is 43.3 Å². The molecule has 1 saturated carbocycles. The van der Waals surface area contributed by atoms with Crippen molar-refractivity contribution in [3.05, 3.63) is 35.4 Å². The van der Waals surface area contributed by atoms with Gasteiger partial charge in [-0.15, -0.1) is 0 Å². The maximum atomic E-state index is 12.5. The third-order valence-corrected chi connectivity index (χ3v) is 5.12. The van der Waals surface area contributed by atoms with Crippen LogP contribution in [0.3, 0.4) is 0 Å². The smallest absolute Gasteiger partial charge is 0.253 e. The monoisotopic (exact) mass is 329 g/mol. The van der Waals surface area contributed by atoms with Crippen molar-refractivity contribution in [3.8, 4) is 0 Å². The Balaban J connectivity index is 1.58. The summed E-state index contributed by atoms with van der Waals surface area (Å²) in [6.07, 6.45) is 5.82. The topological polar surface area (TPSA) is 52.7 Å². The van der Waals surface area contributed by atoms with Crippen molar-refractivity contribution in [2.45, 2.75) is 38.1 Å². The van der Waals surface area contributed by atoms with E-state index in [0.29, 0.717) is 17.2 Å². The molecule has 1 heterocycles. The van der Waals surface area contributed by atoms with Crippen molar-refractivity contribution in [2.24, 2.45) is 0 Å². The van der Waals surface area contributed by atoms with Crippen LogP contribution < -0.4 is 5.32 Å². The fraction of sp³-hybridized carbons (Fsp3) is 0.579. The lowest BCUT2D eigenvalue weighted by Crippen LogP contribution is -2.47. The standard InChI is InChI=1S/C19H27N3O2/c1-21-11-13-22(14-12-21)19(24)16-9-7-15(8-10-16)18(23)20-17-5-3-2-4-6-17/h7-10,17H,2-6,11-14H2,1H3,(H,20,23). The zero-order chi connectivity index (χ0) is 16.9. The minimum Gasteiger partial charge on any atom is -0.349 e. The third kappa shape index (κ3) is 4.15. The predicted octanol–water partition coefficient (Wildman–Crippen LogP) is 2.14. The molecule has 2 fully saturated rings. The molecule has 0 aromatic heterocycles. The van der Waals surface area contributed by atoms with Crippen molar-refractivity contribution >= 4 is 11.8 Å². The fourth-order valence-corrected chi connectivity index (χ4v) is 3.47. The molecule has 2 amide bonds. The third-order valence-electron chi connectivity index (χ3n) is 5.12. The molecule has 0 unspecified atom stereocenters. The summed E-state index contributed by atoms with van der Waals surface area (Å²) in [5, 5.41) is 3.11. The Morgan fingerprint density at radius 1 is 0.917 bits per heavy atom. The maximum absolute atomic E-state index is 12.5. The van der Waals surface area contributed by atoms with Crippen LogP contribution in [-0.4, -0.2) is 60.9 Å². The van der Waals surface area contributed by atoms with Gasteiger partial charge in [-0.05, 0) is 44.2 Å². The first-order valence-electron chi connectivity index (χ1n) is 9.02. The highest BCUT2D eigenvalue weighted by atomic mass is 16.2. The zero-order valence-electron chi connectivity index (χ0n) is 14.5. The van der Waals surface area contributed by atoms with Crippen LogP contribution in [0, 0.1) is 0 Å². The lowest BCUT2D eigenvalue weighted by atomic mass is 9.95. The van der Waals surface area contributed by atoms with E-state index in [2.05, 4.69) is 17.3 Å². The van der Waals surface area contributed by atoms with Gasteiger partial charge < -0.3 is 15.1 Å². The van der Waals surface area contributed by atoms with Gasteiger partial charge in [-0.1, -0.05) is 19.3 Å². The molecule has 1 aliphatic carbocycles. The molecular formula is C19H27N3O2. The first-order chi connectivity index (χ1) is 11.6. The number of hydrogen-bond donors (Lipinski definition) is 1. The Morgan fingerprint density at radius 3 is 2.12 bits per heavy atom. The van der Waals surface area contributed by atoms with Crippen molar-refractivity contribution in [1.29, 1.82) is 0 Å².